The van der Waals surface area contributed by atoms with Gasteiger partial charge in [-0.1, -0.05) is 15.9 Å². The van der Waals surface area contributed by atoms with Crippen molar-refractivity contribution < 1.29 is 0 Å². The zero-order valence-corrected chi connectivity index (χ0v) is 6.58. The van der Waals surface area contributed by atoms with Crippen LogP contribution in [0.25, 0.3) is 0 Å². The van der Waals surface area contributed by atoms with E-state index in [1.807, 2.05) is 0 Å². The molecule has 0 bridgehead atoms. The molecule has 0 radical (unpaired) electrons. The highest BCUT2D eigenvalue weighted by molar-refractivity contribution is 9.09. The van der Waals surface area contributed by atoms with Gasteiger partial charge in [-0.3, -0.25) is 11.3 Å². The third kappa shape index (κ3) is 8.86. The summed E-state index contributed by atoms with van der Waals surface area (Å²) in [6.07, 6.45) is 0. The van der Waals surface area contributed by atoms with Crippen molar-refractivity contribution in [1.82, 2.24) is 5.43 Å². The van der Waals surface area contributed by atoms with Gasteiger partial charge in [-0.05, 0) is 0 Å². The van der Waals surface area contributed by atoms with E-state index in [0.29, 0.717) is 0 Å². The van der Waals surface area contributed by atoms with Crippen molar-refractivity contribution >= 4 is 32.9 Å². The summed E-state index contributed by atoms with van der Waals surface area (Å²) in [4.78, 5) is 0. The minimum Gasteiger partial charge on any atom is -0.271 e. The van der Waals surface area contributed by atoms with Gasteiger partial charge in [0.15, 0.2) is 0 Å². The molecule has 3 N–H and O–H groups in total. The summed E-state index contributed by atoms with van der Waals surface area (Å²) < 4.78 is 0. The van der Waals surface area contributed by atoms with E-state index in [4.69, 9.17) is 5.84 Å². The van der Waals surface area contributed by atoms with Gasteiger partial charge in [-0.25, -0.2) is 0 Å². The molecule has 0 aliphatic rings. The van der Waals surface area contributed by atoms with Crippen LogP contribution in [0.5, 0.6) is 0 Å². The first-order chi connectivity index (χ1) is 2.41. The predicted molar refractivity (Wildman–Crippen MR) is 36.3 cm³/mol. The molecule has 0 aromatic heterocycles. The number of rotatable bonds is 2. The van der Waals surface area contributed by atoms with Gasteiger partial charge in [0, 0.05) is 11.9 Å². The zero-order valence-electron chi connectivity index (χ0n) is 3.28. The molecule has 0 saturated heterocycles. The highest BCUT2D eigenvalue weighted by Crippen LogP contribution is 1.69. The third-order valence-corrected chi connectivity index (χ3v) is 0.635. The van der Waals surface area contributed by atoms with E-state index in [1.165, 1.54) is 0 Å². The van der Waals surface area contributed by atoms with Crippen molar-refractivity contribution in [2.75, 3.05) is 11.9 Å². The molecule has 0 aromatic rings. The number of nitrogens with two attached hydrogens (primary N) is 1. The van der Waals surface area contributed by atoms with Crippen molar-refractivity contribution in [2.45, 2.75) is 0 Å². The Hall–Kier alpha value is 0.880. The van der Waals surface area contributed by atoms with Crippen LogP contribution in [0.4, 0.5) is 0 Å². The summed E-state index contributed by atoms with van der Waals surface area (Å²) >= 11 is 3.17. The van der Waals surface area contributed by atoms with E-state index in [1.54, 1.807) is 0 Å². The van der Waals surface area contributed by atoms with Crippen LogP contribution in [0, 0.1) is 0 Å². The maximum atomic E-state index is 4.86. The summed E-state index contributed by atoms with van der Waals surface area (Å²) in [6.45, 7) is 0.833. The quantitative estimate of drug-likeness (QED) is 0.402. The maximum absolute atomic E-state index is 4.86. The van der Waals surface area contributed by atoms with Crippen LogP contribution in [0.1, 0.15) is 0 Å². The van der Waals surface area contributed by atoms with Crippen molar-refractivity contribution in [1.29, 1.82) is 0 Å². The summed E-state index contributed by atoms with van der Waals surface area (Å²) in [6, 6.07) is 0. The number of hydrogen-bond acceptors (Lipinski definition) is 2. The molecule has 2 nitrogen and oxygen atoms in total. The Kier molecular flexibility index (Phi) is 15.5. The van der Waals surface area contributed by atoms with Gasteiger partial charge in [0.05, 0.1) is 0 Å². The van der Waals surface area contributed by atoms with E-state index in [0.717, 1.165) is 11.9 Å². The van der Waals surface area contributed by atoms with E-state index < -0.39 is 0 Å². The van der Waals surface area contributed by atoms with Crippen LogP contribution in [0.2, 0.25) is 0 Å². The third-order valence-electron chi connectivity index (χ3n) is 0.239. The van der Waals surface area contributed by atoms with Gasteiger partial charge >= 0.3 is 0 Å². The van der Waals surface area contributed by atoms with Gasteiger partial charge in [0.2, 0.25) is 0 Å². The molecular formula is C2H8Br2N2. The van der Waals surface area contributed by atoms with Crippen molar-refractivity contribution in [3.05, 3.63) is 0 Å². The van der Waals surface area contributed by atoms with E-state index in [9.17, 15) is 0 Å². The lowest BCUT2D eigenvalue weighted by molar-refractivity contribution is 0.790. The van der Waals surface area contributed by atoms with Crippen LogP contribution in [0.15, 0.2) is 0 Å². The Balaban J connectivity index is 0. The largest absolute Gasteiger partial charge is 0.271 e. The Bertz CT molecular complexity index is 17.0. The highest BCUT2D eigenvalue weighted by Gasteiger charge is 1.66. The fourth-order valence-electron chi connectivity index (χ4n) is 0.0546. The molecule has 0 aliphatic carbocycles. The molecule has 4 heteroatoms. The van der Waals surface area contributed by atoms with E-state index in [2.05, 4.69) is 21.4 Å². The molecule has 0 saturated carbocycles. The molecule has 0 atom stereocenters. The monoisotopic (exact) mass is 218 g/mol. The molecule has 0 aliphatic heterocycles. The van der Waals surface area contributed by atoms with Gasteiger partial charge in [-0.15, -0.1) is 17.0 Å². The van der Waals surface area contributed by atoms with Crippen LogP contribution >= 0.6 is 32.9 Å². The lowest BCUT2D eigenvalue weighted by atomic mass is 10.8. The molecule has 0 aromatic carbocycles. The Labute approximate surface area is 56.3 Å². The standard InChI is InChI=1S/C2H7BrN2.BrH/c3-1-2-5-4;/h5H,1-2,4H2;1H. The van der Waals surface area contributed by atoms with Crippen molar-refractivity contribution in [3.63, 3.8) is 0 Å². The number of alkyl halides is 1. The minimum absolute atomic E-state index is 0. The van der Waals surface area contributed by atoms with E-state index in [-0.39, 0.29) is 17.0 Å². The highest BCUT2D eigenvalue weighted by atomic mass is 79.9. The number of hydrazine groups is 1. The van der Waals surface area contributed by atoms with E-state index >= 15 is 0 Å². The number of nitrogens with one attached hydrogen (secondary N) is 1. The number of halogens is 2. The summed E-state index contributed by atoms with van der Waals surface area (Å²) in [5, 5.41) is 0.920. The SMILES string of the molecule is Br.NNCCBr. The molecule has 0 spiro atoms. The smallest absolute Gasteiger partial charge is 0.0195 e. The van der Waals surface area contributed by atoms with Gasteiger partial charge in [0.25, 0.3) is 0 Å². The molecule has 0 amide bonds. The summed E-state index contributed by atoms with van der Waals surface area (Å²) in [7, 11) is 0. The summed E-state index contributed by atoms with van der Waals surface area (Å²) in [5.41, 5.74) is 2.47. The van der Waals surface area contributed by atoms with Crippen LogP contribution in [0.3, 0.4) is 0 Å². The molecule has 40 valence electrons. The fourth-order valence-corrected chi connectivity index (χ4v) is 0.283. The molecular weight excluding hydrogens is 212 g/mol. The first-order valence-corrected chi connectivity index (χ1v) is 2.53. The van der Waals surface area contributed by atoms with Gasteiger partial charge in [-0.2, -0.15) is 0 Å². The first kappa shape index (κ1) is 9.99. The second-order valence-electron chi connectivity index (χ2n) is 0.643. The zero-order chi connectivity index (χ0) is 4.12. The lowest BCUT2D eigenvalue weighted by Gasteiger charge is -1.83. The second-order valence-corrected chi connectivity index (χ2v) is 1.44. The Morgan fingerprint density at radius 3 is 2.17 bits per heavy atom. The van der Waals surface area contributed by atoms with Crippen molar-refractivity contribution in [2.24, 2.45) is 5.84 Å². The average Bonchev–Trinajstić information content (AvgIpc) is 1.41. The fraction of sp³-hybridized carbons (Fsp3) is 1.00. The molecule has 0 unspecified atom stereocenters. The first-order valence-electron chi connectivity index (χ1n) is 1.41. The van der Waals surface area contributed by atoms with Crippen molar-refractivity contribution in [3.8, 4) is 0 Å². The van der Waals surface area contributed by atoms with Gasteiger partial charge in [0.1, 0.15) is 0 Å². The maximum Gasteiger partial charge on any atom is 0.0195 e. The Morgan fingerprint density at radius 1 is 1.67 bits per heavy atom. The molecule has 6 heavy (non-hydrogen) atoms. The predicted octanol–water partition coefficient (Wildman–Crippen LogP) is 0.423. The second kappa shape index (κ2) is 9.30. The van der Waals surface area contributed by atoms with Crippen LogP contribution < -0.4 is 11.3 Å². The minimum atomic E-state index is 0. The molecule has 0 heterocycles. The topological polar surface area (TPSA) is 38.0 Å². The lowest BCUT2D eigenvalue weighted by Crippen LogP contribution is -2.23. The number of hydrogen-bond donors (Lipinski definition) is 2. The summed E-state index contributed by atoms with van der Waals surface area (Å²) in [5.74, 6) is 4.86. The average molecular weight is 220 g/mol. The normalized spacial score (nSPS) is 7.00. The molecule has 0 fully saturated rings. The van der Waals surface area contributed by atoms with Crippen LogP contribution in [-0.2, 0) is 0 Å². The van der Waals surface area contributed by atoms with Gasteiger partial charge < -0.3 is 0 Å². The van der Waals surface area contributed by atoms with Crippen LogP contribution in [-0.4, -0.2) is 11.9 Å². The Morgan fingerprint density at radius 2 is 2.17 bits per heavy atom. The molecule has 0 rings (SSSR count).